The summed E-state index contributed by atoms with van der Waals surface area (Å²) in [6.45, 7) is 4.16. The maximum atomic E-state index is 13.3. The number of hydrogen-bond acceptors (Lipinski definition) is 1. The van der Waals surface area contributed by atoms with Crippen molar-refractivity contribution in [3.05, 3.63) is 35.4 Å². The third-order valence-electron chi connectivity index (χ3n) is 2.45. The van der Waals surface area contributed by atoms with Gasteiger partial charge in [0.05, 0.1) is 0 Å². The van der Waals surface area contributed by atoms with E-state index in [1.165, 1.54) is 18.2 Å². The predicted octanol–water partition coefficient (Wildman–Crippen LogP) is 4.43. The molecule has 1 atom stereocenters. The van der Waals surface area contributed by atoms with Crippen molar-refractivity contribution in [3.63, 3.8) is 0 Å². The fourth-order valence-corrected chi connectivity index (χ4v) is 2.64. The van der Waals surface area contributed by atoms with E-state index in [1.54, 1.807) is 11.8 Å². The van der Waals surface area contributed by atoms with Crippen molar-refractivity contribution in [1.82, 2.24) is 0 Å². The number of rotatable bonds is 6. The Kier molecular flexibility index (Phi) is 5.81. The van der Waals surface area contributed by atoms with Crippen molar-refractivity contribution < 1.29 is 8.78 Å². The Morgan fingerprint density at radius 1 is 1.25 bits per heavy atom. The largest absolute Gasteiger partial charge is 0.207 e. The van der Waals surface area contributed by atoms with E-state index in [9.17, 15) is 8.78 Å². The quantitative estimate of drug-likeness (QED) is 0.667. The Balaban J connectivity index is 2.52. The van der Waals surface area contributed by atoms with Crippen molar-refractivity contribution in [2.45, 2.75) is 38.4 Å². The molecular weight excluding hydrogens is 226 g/mol. The van der Waals surface area contributed by atoms with Gasteiger partial charge in [0.25, 0.3) is 0 Å². The van der Waals surface area contributed by atoms with Gasteiger partial charge in [-0.1, -0.05) is 26.3 Å². The minimum absolute atomic E-state index is 0.221. The van der Waals surface area contributed by atoms with Crippen molar-refractivity contribution in [2.75, 3.05) is 5.75 Å². The van der Waals surface area contributed by atoms with Gasteiger partial charge in [-0.3, -0.25) is 0 Å². The fourth-order valence-electron chi connectivity index (χ4n) is 1.50. The zero-order valence-corrected chi connectivity index (χ0v) is 10.6. The SMILES string of the molecule is CCCCSC(C)Cc1c(F)cccc1F. The molecule has 3 heteroatoms. The highest BCUT2D eigenvalue weighted by Gasteiger charge is 2.12. The number of unbranched alkanes of at least 4 members (excludes halogenated alkanes) is 1. The summed E-state index contributed by atoms with van der Waals surface area (Å²) in [4.78, 5) is 0. The Morgan fingerprint density at radius 3 is 2.44 bits per heavy atom. The van der Waals surface area contributed by atoms with E-state index in [1.807, 2.05) is 6.92 Å². The van der Waals surface area contributed by atoms with E-state index >= 15 is 0 Å². The van der Waals surface area contributed by atoms with Gasteiger partial charge >= 0.3 is 0 Å². The fraction of sp³-hybridized carbons (Fsp3) is 0.538. The van der Waals surface area contributed by atoms with Crippen molar-refractivity contribution in [3.8, 4) is 0 Å². The van der Waals surface area contributed by atoms with Gasteiger partial charge in [0.2, 0.25) is 0 Å². The lowest BCUT2D eigenvalue weighted by Crippen LogP contribution is -2.06. The molecule has 0 heterocycles. The third-order valence-corrected chi connectivity index (χ3v) is 3.71. The average molecular weight is 244 g/mol. The summed E-state index contributed by atoms with van der Waals surface area (Å²) in [6, 6.07) is 4.05. The van der Waals surface area contributed by atoms with Crippen LogP contribution in [0.5, 0.6) is 0 Å². The van der Waals surface area contributed by atoms with Crippen molar-refractivity contribution in [2.24, 2.45) is 0 Å². The zero-order chi connectivity index (χ0) is 12.0. The molecule has 0 fully saturated rings. The van der Waals surface area contributed by atoms with Gasteiger partial charge in [-0.15, -0.1) is 0 Å². The van der Waals surface area contributed by atoms with Gasteiger partial charge in [-0.05, 0) is 30.7 Å². The molecule has 0 amide bonds. The van der Waals surface area contributed by atoms with Gasteiger partial charge < -0.3 is 0 Å². The van der Waals surface area contributed by atoms with Gasteiger partial charge in [0.1, 0.15) is 11.6 Å². The van der Waals surface area contributed by atoms with Crippen LogP contribution >= 0.6 is 11.8 Å². The first-order valence-corrected chi connectivity index (χ1v) is 6.74. The smallest absolute Gasteiger partial charge is 0.129 e. The molecule has 0 aromatic heterocycles. The second kappa shape index (κ2) is 6.89. The Labute approximate surface area is 100 Å². The predicted molar refractivity (Wildman–Crippen MR) is 66.9 cm³/mol. The van der Waals surface area contributed by atoms with Crippen LogP contribution in [0, 0.1) is 11.6 Å². The number of hydrogen-bond donors (Lipinski definition) is 0. The van der Waals surface area contributed by atoms with Gasteiger partial charge in [0.15, 0.2) is 0 Å². The first kappa shape index (κ1) is 13.5. The lowest BCUT2D eigenvalue weighted by Gasteiger charge is -2.12. The van der Waals surface area contributed by atoms with E-state index in [2.05, 4.69) is 6.92 Å². The first-order valence-electron chi connectivity index (χ1n) is 5.69. The van der Waals surface area contributed by atoms with Crippen molar-refractivity contribution in [1.29, 1.82) is 0 Å². The average Bonchev–Trinajstić information content (AvgIpc) is 2.24. The van der Waals surface area contributed by atoms with Gasteiger partial charge in [0, 0.05) is 10.8 Å². The summed E-state index contributed by atoms with van der Waals surface area (Å²) in [5.74, 6) is 0.208. The molecule has 0 bridgehead atoms. The highest BCUT2D eigenvalue weighted by Crippen LogP contribution is 2.21. The van der Waals surface area contributed by atoms with E-state index < -0.39 is 11.6 Å². The molecule has 90 valence electrons. The minimum atomic E-state index is -0.428. The van der Waals surface area contributed by atoms with Crippen LogP contribution in [0.4, 0.5) is 8.78 Å². The summed E-state index contributed by atoms with van der Waals surface area (Å²) < 4.78 is 26.7. The molecule has 0 nitrogen and oxygen atoms in total. The summed E-state index contributed by atoms with van der Waals surface area (Å²) in [5, 5.41) is 0.262. The lowest BCUT2D eigenvalue weighted by atomic mass is 10.1. The van der Waals surface area contributed by atoms with Crippen LogP contribution in [0.1, 0.15) is 32.3 Å². The summed E-state index contributed by atoms with van der Waals surface area (Å²) in [5.41, 5.74) is 0.221. The summed E-state index contributed by atoms with van der Waals surface area (Å²) in [7, 11) is 0. The second-order valence-electron chi connectivity index (χ2n) is 3.94. The molecule has 1 aromatic rings. The highest BCUT2D eigenvalue weighted by atomic mass is 32.2. The van der Waals surface area contributed by atoms with Crippen LogP contribution in [-0.4, -0.2) is 11.0 Å². The maximum Gasteiger partial charge on any atom is 0.129 e. The molecule has 0 aliphatic carbocycles. The van der Waals surface area contributed by atoms with Crippen LogP contribution in [-0.2, 0) is 6.42 Å². The molecule has 1 rings (SSSR count). The van der Waals surface area contributed by atoms with Crippen molar-refractivity contribution >= 4 is 11.8 Å². The molecule has 1 aromatic carbocycles. The molecule has 0 radical (unpaired) electrons. The molecule has 16 heavy (non-hydrogen) atoms. The normalized spacial score (nSPS) is 12.8. The molecule has 1 unspecified atom stereocenters. The summed E-state index contributed by atoms with van der Waals surface area (Å²) >= 11 is 1.78. The number of halogens is 2. The van der Waals surface area contributed by atoms with E-state index in [0.717, 1.165) is 18.6 Å². The molecule has 0 saturated carbocycles. The Bertz CT molecular complexity index is 305. The second-order valence-corrected chi connectivity index (χ2v) is 5.49. The number of benzene rings is 1. The van der Waals surface area contributed by atoms with Crippen LogP contribution in [0.2, 0.25) is 0 Å². The topological polar surface area (TPSA) is 0 Å². The molecular formula is C13H18F2S. The monoisotopic (exact) mass is 244 g/mol. The third kappa shape index (κ3) is 4.12. The first-order chi connectivity index (χ1) is 7.65. The molecule has 0 aliphatic heterocycles. The highest BCUT2D eigenvalue weighted by molar-refractivity contribution is 7.99. The van der Waals surface area contributed by atoms with E-state index in [0.29, 0.717) is 6.42 Å². The lowest BCUT2D eigenvalue weighted by molar-refractivity contribution is 0.554. The molecule has 0 aliphatic rings. The van der Waals surface area contributed by atoms with E-state index in [4.69, 9.17) is 0 Å². The Morgan fingerprint density at radius 2 is 1.88 bits per heavy atom. The van der Waals surface area contributed by atoms with Crippen LogP contribution in [0.15, 0.2) is 18.2 Å². The Hall–Kier alpha value is -0.570. The van der Waals surface area contributed by atoms with Gasteiger partial charge in [-0.25, -0.2) is 8.78 Å². The van der Waals surface area contributed by atoms with Crippen LogP contribution in [0.25, 0.3) is 0 Å². The van der Waals surface area contributed by atoms with Crippen LogP contribution in [0.3, 0.4) is 0 Å². The molecule has 0 saturated heterocycles. The number of thioether (sulfide) groups is 1. The molecule has 0 spiro atoms. The minimum Gasteiger partial charge on any atom is -0.207 e. The maximum absolute atomic E-state index is 13.3. The van der Waals surface area contributed by atoms with E-state index in [-0.39, 0.29) is 10.8 Å². The van der Waals surface area contributed by atoms with Crippen LogP contribution < -0.4 is 0 Å². The molecule has 0 N–H and O–H groups in total. The zero-order valence-electron chi connectivity index (χ0n) is 9.80. The summed E-state index contributed by atoms with van der Waals surface area (Å²) in [6.07, 6.45) is 2.79. The standard InChI is InChI=1S/C13H18F2S/c1-3-4-8-16-10(2)9-11-12(14)6-5-7-13(11)15/h5-7,10H,3-4,8-9H2,1-2H3. The van der Waals surface area contributed by atoms with Gasteiger partial charge in [-0.2, -0.15) is 11.8 Å².